The third kappa shape index (κ3) is 1.99. The van der Waals surface area contributed by atoms with Gasteiger partial charge in [0.15, 0.2) is 11.4 Å². The van der Waals surface area contributed by atoms with Crippen LogP contribution in [0, 0.1) is 0 Å². The van der Waals surface area contributed by atoms with Gasteiger partial charge in [-0.1, -0.05) is 0 Å². The summed E-state index contributed by atoms with van der Waals surface area (Å²) in [4.78, 5) is 10.7. The Hall–Kier alpha value is -0.530. The molecule has 0 saturated heterocycles. The van der Waals surface area contributed by atoms with Crippen molar-refractivity contribution < 1.29 is 30.3 Å². The second kappa shape index (κ2) is 4.48. The Balaban J connectivity index is 4.54. The largest absolute Gasteiger partial charge is 0.394 e. The molecule has 0 spiro atoms. The lowest BCUT2D eigenvalue weighted by atomic mass is 9.93. The molecule has 0 saturated carbocycles. The predicted molar refractivity (Wildman–Crippen MR) is 37.2 cm³/mol. The minimum absolute atomic E-state index is 0.872. The fourth-order valence-electron chi connectivity index (χ4n) is 0.667. The van der Waals surface area contributed by atoms with Crippen LogP contribution in [0.25, 0.3) is 0 Å². The molecule has 0 fully saturated rings. The van der Waals surface area contributed by atoms with Crippen molar-refractivity contribution >= 4 is 5.78 Å². The molecule has 72 valence electrons. The first-order valence-electron chi connectivity index (χ1n) is 3.29. The molecule has 5 N–H and O–H groups in total. The van der Waals surface area contributed by atoms with E-state index in [0.29, 0.717) is 0 Å². The fourth-order valence-corrected chi connectivity index (χ4v) is 0.667. The van der Waals surface area contributed by atoms with E-state index in [0.717, 1.165) is 0 Å². The third-order valence-corrected chi connectivity index (χ3v) is 1.59. The van der Waals surface area contributed by atoms with Gasteiger partial charge in [-0.05, 0) is 0 Å². The SMILES string of the molecule is O=C(CO)C(O)(CO)C(O)CO. The number of aliphatic hydroxyl groups is 5. The molecule has 0 radical (unpaired) electrons. The van der Waals surface area contributed by atoms with E-state index in [-0.39, 0.29) is 0 Å². The van der Waals surface area contributed by atoms with E-state index in [1.807, 2.05) is 0 Å². The molecule has 0 aromatic heterocycles. The fraction of sp³-hybridized carbons (Fsp3) is 0.833. The van der Waals surface area contributed by atoms with Gasteiger partial charge in [-0.3, -0.25) is 4.79 Å². The summed E-state index contributed by atoms with van der Waals surface area (Å²) in [7, 11) is 0. The summed E-state index contributed by atoms with van der Waals surface area (Å²) in [5.74, 6) is -1.13. The summed E-state index contributed by atoms with van der Waals surface area (Å²) in [6.45, 7) is -2.93. The van der Waals surface area contributed by atoms with Gasteiger partial charge >= 0.3 is 0 Å². The molecule has 6 nitrogen and oxygen atoms in total. The van der Waals surface area contributed by atoms with Gasteiger partial charge in [0.2, 0.25) is 0 Å². The molecular weight excluding hydrogens is 168 g/mol. The van der Waals surface area contributed by atoms with Gasteiger partial charge in [0.1, 0.15) is 12.7 Å². The number of aliphatic hydroxyl groups excluding tert-OH is 4. The molecule has 0 rings (SSSR count). The molecule has 0 aliphatic heterocycles. The van der Waals surface area contributed by atoms with Gasteiger partial charge in [-0.2, -0.15) is 0 Å². The highest BCUT2D eigenvalue weighted by Gasteiger charge is 2.41. The van der Waals surface area contributed by atoms with Crippen LogP contribution in [0.4, 0.5) is 0 Å². The van der Waals surface area contributed by atoms with Crippen LogP contribution in [0.3, 0.4) is 0 Å². The summed E-state index contributed by atoms with van der Waals surface area (Å²) in [5, 5.41) is 43.3. The molecule has 0 aromatic rings. The number of Topliss-reactive ketones (excluding diaryl/α,β-unsaturated/α-hetero) is 1. The van der Waals surface area contributed by atoms with E-state index in [2.05, 4.69) is 0 Å². The molecular formula is C6H12O6. The van der Waals surface area contributed by atoms with E-state index in [9.17, 15) is 9.90 Å². The summed E-state index contributed by atoms with van der Waals surface area (Å²) in [6, 6.07) is 0. The lowest BCUT2D eigenvalue weighted by Gasteiger charge is -2.27. The number of hydrogen-bond acceptors (Lipinski definition) is 6. The highest BCUT2D eigenvalue weighted by atomic mass is 16.4. The maximum absolute atomic E-state index is 10.7. The van der Waals surface area contributed by atoms with Crippen molar-refractivity contribution in [3.8, 4) is 0 Å². The van der Waals surface area contributed by atoms with E-state index < -0.39 is 37.3 Å². The van der Waals surface area contributed by atoms with Crippen LogP contribution in [0.1, 0.15) is 0 Å². The van der Waals surface area contributed by atoms with Gasteiger partial charge in [-0.25, -0.2) is 0 Å². The minimum atomic E-state index is -2.47. The Morgan fingerprint density at radius 1 is 1.33 bits per heavy atom. The first kappa shape index (κ1) is 11.5. The lowest BCUT2D eigenvalue weighted by Crippen LogP contribution is -2.55. The Kier molecular flexibility index (Phi) is 4.29. The van der Waals surface area contributed by atoms with Crippen molar-refractivity contribution in [2.24, 2.45) is 0 Å². The second-order valence-corrected chi connectivity index (χ2v) is 2.36. The van der Waals surface area contributed by atoms with Gasteiger partial charge < -0.3 is 25.5 Å². The van der Waals surface area contributed by atoms with Crippen molar-refractivity contribution in [2.45, 2.75) is 11.7 Å². The number of carbonyl (C=O) groups excluding carboxylic acids is 1. The van der Waals surface area contributed by atoms with Crippen LogP contribution >= 0.6 is 0 Å². The van der Waals surface area contributed by atoms with Crippen molar-refractivity contribution in [1.29, 1.82) is 0 Å². The molecule has 0 aliphatic rings. The Labute approximate surface area is 68.7 Å². The van der Waals surface area contributed by atoms with Crippen LogP contribution in [0.5, 0.6) is 0 Å². The summed E-state index contributed by atoms with van der Waals surface area (Å²) in [6.07, 6.45) is -1.79. The van der Waals surface area contributed by atoms with Crippen LogP contribution < -0.4 is 0 Å². The van der Waals surface area contributed by atoms with E-state index in [1.54, 1.807) is 0 Å². The molecule has 0 bridgehead atoms. The van der Waals surface area contributed by atoms with E-state index in [4.69, 9.17) is 20.4 Å². The van der Waals surface area contributed by atoms with Crippen molar-refractivity contribution in [2.75, 3.05) is 19.8 Å². The number of ketones is 1. The highest BCUT2D eigenvalue weighted by molar-refractivity contribution is 5.88. The Bertz CT molecular complexity index is 158. The number of rotatable bonds is 5. The van der Waals surface area contributed by atoms with Crippen molar-refractivity contribution in [3.05, 3.63) is 0 Å². The van der Waals surface area contributed by atoms with Crippen molar-refractivity contribution in [3.63, 3.8) is 0 Å². The first-order valence-corrected chi connectivity index (χ1v) is 3.29. The number of hydrogen-bond donors (Lipinski definition) is 5. The molecule has 2 unspecified atom stereocenters. The van der Waals surface area contributed by atoms with Crippen molar-refractivity contribution in [1.82, 2.24) is 0 Å². The lowest BCUT2D eigenvalue weighted by molar-refractivity contribution is -0.164. The molecule has 0 aromatic carbocycles. The van der Waals surface area contributed by atoms with Crippen LogP contribution in [-0.4, -0.2) is 62.8 Å². The molecule has 0 amide bonds. The zero-order valence-corrected chi connectivity index (χ0v) is 6.34. The Morgan fingerprint density at radius 3 is 2.08 bits per heavy atom. The predicted octanol–water partition coefficient (Wildman–Crippen LogP) is -3.38. The normalized spacial score (nSPS) is 18.4. The summed E-state index contributed by atoms with van der Waals surface area (Å²) in [5.41, 5.74) is -2.47. The minimum Gasteiger partial charge on any atom is -0.394 e. The average Bonchev–Trinajstić information content (AvgIpc) is 2.13. The maximum atomic E-state index is 10.7. The molecule has 0 aliphatic carbocycles. The summed E-state index contributed by atoms with van der Waals surface area (Å²) >= 11 is 0. The van der Waals surface area contributed by atoms with Crippen LogP contribution in [0.2, 0.25) is 0 Å². The van der Waals surface area contributed by atoms with Crippen LogP contribution in [-0.2, 0) is 4.79 Å². The molecule has 12 heavy (non-hydrogen) atoms. The summed E-state index contributed by atoms with van der Waals surface area (Å²) < 4.78 is 0. The number of carbonyl (C=O) groups is 1. The van der Waals surface area contributed by atoms with E-state index in [1.165, 1.54) is 0 Å². The smallest absolute Gasteiger partial charge is 0.194 e. The molecule has 0 heterocycles. The quantitative estimate of drug-likeness (QED) is 0.301. The maximum Gasteiger partial charge on any atom is 0.194 e. The monoisotopic (exact) mass is 180 g/mol. The average molecular weight is 180 g/mol. The Morgan fingerprint density at radius 2 is 1.83 bits per heavy atom. The van der Waals surface area contributed by atoms with Gasteiger partial charge in [-0.15, -0.1) is 0 Å². The zero-order chi connectivity index (χ0) is 9.78. The third-order valence-electron chi connectivity index (χ3n) is 1.59. The van der Waals surface area contributed by atoms with Crippen LogP contribution in [0.15, 0.2) is 0 Å². The van der Waals surface area contributed by atoms with Gasteiger partial charge in [0.05, 0.1) is 13.2 Å². The zero-order valence-electron chi connectivity index (χ0n) is 6.34. The molecule has 6 heteroatoms. The molecule has 2 atom stereocenters. The standard InChI is InChI=1S/C6H12O6/c7-1-4(10)6(12,3-9)5(11)2-8/h4,7-10,12H,1-3H2. The van der Waals surface area contributed by atoms with E-state index >= 15 is 0 Å². The van der Waals surface area contributed by atoms with Gasteiger partial charge in [0, 0.05) is 0 Å². The second-order valence-electron chi connectivity index (χ2n) is 2.36. The van der Waals surface area contributed by atoms with Gasteiger partial charge in [0.25, 0.3) is 0 Å². The highest BCUT2D eigenvalue weighted by Crippen LogP contribution is 2.10. The first-order chi connectivity index (χ1) is 5.52. The topological polar surface area (TPSA) is 118 Å².